The van der Waals surface area contributed by atoms with Gasteiger partial charge < -0.3 is 14.2 Å². The van der Waals surface area contributed by atoms with Crippen LogP contribution in [0.5, 0.6) is 0 Å². The molecule has 0 rings (SSSR count). The van der Waals surface area contributed by atoms with Gasteiger partial charge in [-0.25, -0.2) is 0 Å². The summed E-state index contributed by atoms with van der Waals surface area (Å²) in [6.07, 6.45) is 87.6. The van der Waals surface area contributed by atoms with Gasteiger partial charge in [-0.2, -0.15) is 0 Å². The molecule has 0 radical (unpaired) electrons. The SMILES string of the molecule is CCCCCCCCCCCCCCCCCCCCCCCCCCCCCCCCCCCCCC(=O)OCC(COC(=O)CCCCCCCCCCC)OC(=O)CCCCCCCCCCCCCCCCCCCCCCC. The highest BCUT2D eigenvalue weighted by Crippen LogP contribution is 2.20. The Kier molecular flexibility index (Phi) is 71.5. The van der Waals surface area contributed by atoms with Crippen LogP contribution in [0.4, 0.5) is 0 Å². The average molecular weight is 1170 g/mol. The summed E-state index contributed by atoms with van der Waals surface area (Å²) in [4.78, 5) is 38.3. The van der Waals surface area contributed by atoms with Gasteiger partial charge in [-0.3, -0.25) is 14.4 Å². The molecule has 0 spiro atoms. The molecule has 1 unspecified atom stereocenters. The van der Waals surface area contributed by atoms with Crippen molar-refractivity contribution in [2.75, 3.05) is 13.2 Å². The average Bonchev–Trinajstić information content (AvgIpc) is 3.49. The molecule has 0 aliphatic carbocycles. The van der Waals surface area contributed by atoms with Crippen molar-refractivity contribution in [1.82, 2.24) is 0 Å². The van der Waals surface area contributed by atoms with Crippen LogP contribution in [0, 0.1) is 0 Å². The monoisotopic (exact) mass is 1170 g/mol. The molecular weight excluding hydrogens is 1020 g/mol. The molecular formula is C77H150O6. The van der Waals surface area contributed by atoms with E-state index in [1.54, 1.807) is 0 Å². The van der Waals surface area contributed by atoms with E-state index in [0.717, 1.165) is 57.8 Å². The van der Waals surface area contributed by atoms with Crippen molar-refractivity contribution in [1.29, 1.82) is 0 Å². The summed E-state index contributed by atoms with van der Waals surface area (Å²) >= 11 is 0. The van der Waals surface area contributed by atoms with E-state index < -0.39 is 6.10 Å². The predicted octanol–water partition coefficient (Wildman–Crippen LogP) is 26.6. The Morgan fingerprint density at radius 2 is 0.325 bits per heavy atom. The maximum absolute atomic E-state index is 12.9. The largest absolute Gasteiger partial charge is 0.462 e. The summed E-state index contributed by atoms with van der Waals surface area (Å²) in [7, 11) is 0. The maximum atomic E-state index is 12.9. The Morgan fingerprint density at radius 1 is 0.193 bits per heavy atom. The van der Waals surface area contributed by atoms with Crippen LogP contribution in [-0.4, -0.2) is 37.2 Å². The summed E-state index contributed by atoms with van der Waals surface area (Å²) in [5.74, 6) is -0.825. The lowest BCUT2D eigenvalue weighted by Crippen LogP contribution is -2.30. The molecule has 0 heterocycles. The fourth-order valence-corrected chi connectivity index (χ4v) is 12.3. The van der Waals surface area contributed by atoms with Crippen LogP contribution in [0.3, 0.4) is 0 Å². The van der Waals surface area contributed by atoms with Crippen LogP contribution in [0.1, 0.15) is 457 Å². The van der Waals surface area contributed by atoms with Crippen molar-refractivity contribution in [3.8, 4) is 0 Å². The Labute approximate surface area is 520 Å². The molecule has 0 aliphatic rings. The zero-order valence-electron chi connectivity index (χ0n) is 57.0. The Morgan fingerprint density at radius 3 is 0.482 bits per heavy atom. The fourth-order valence-electron chi connectivity index (χ4n) is 12.3. The summed E-state index contributed by atoms with van der Waals surface area (Å²) in [5, 5.41) is 0. The smallest absolute Gasteiger partial charge is 0.306 e. The van der Waals surface area contributed by atoms with Crippen molar-refractivity contribution in [2.24, 2.45) is 0 Å². The lowest BCUT2D eigenvalue weighted by molar-refractivity contribution is -0.167. The maximum Gasteiger partial charge on any atom is 0.306 e. The minimum Gasteiger partial charge on any atom is -0.462 e. The van der Waals surface area contributed by atoms with Crippen molar-refractivity contribution in [3.05, 3.63) is 0 Å². The third-order valence-electron chi connectivity index (χ3n) is 18.1. The van der Waals surface area contributed by atoms with Gasteiger partial charge in [-0.05, 0) is 19.3 Å². The van der Waals surface area contributed by atoms with Crippen LogP contribution in [0.2, 0.25) is 0 Å². The van der Waals surface area contributed by atoms with Gasteiger partial charge in [-0.1, -0.05) is 419 Å². The van der Waals surface area contributed by atoms with Crippen molar-refractivity contribution >= 4 is 17.9 Å². The molecule has 0 aromatic rings. The van der Waals surface area contributed by atoms with Crippen LogP contribution in [-0.2, 0) is 28.6 Å². The van der Waals surface area contributed by atoms with Crippen molar-refractivity contribution in [3.63, 3.8) is 0 Å². The topological polar surface area (TPSA) is 78.9 Å². The number of ether oxygens (including phenoxy) is 3. The first-order chi connectivity index (χ1) is 41.0. The molecule has 6 heteroatoms. The number of hydrogen-bond acceptors (Lipinski definition) is 6. The molecule has 0 saturated carbocycles. The molecule has 0 amide bonds. The fraction of sp³-hybridized carbons (Fsp3) is 0.961. The highest BCUT2D eigenvalue weighted by atomic mass is 16.6. The van der Waals surface area contributed by atoms with Crippen LogP contribution in [0.15, 0.2) is 0 Å². The van der Waals surface area contributed by atoms with Gasteiger partial charge >= 0.3 is 17.9 Å². The molecule has 0 fully saturated rings. The first-order valence-electron chi connectivity index (χ1n) is 38.5. The predicted molar refractivity (Wildman–Crippen MR) is 363 cm³/mol. The van der Waals surface area contributed by atoms with Gasteiger partial charge in [-0.15, -0.1) is 0 Å². The van der Waals surface area contributed by atoms with E-state index in [9.17, 15) is 14.4 Å². The number of carbonyl (C=O) groups excluding carboxylic acids is 3. The second-order valence-corrected chi connectivity index (χ2v) is 26.6. The molecule has 494 valence electrons. The minimum absolute atomic E-state index is 0.0606. The zero-order chi connectivity index (χ0) is 59.9. The normalized spacial score (nSPS) is 11.9. The Bertz CT molecular complexity index is 1250. The van der Waals surface area contributed by atoms with Gasteiger partial charge in [0.25, 0.3) is 0 Å². The van der Waals surface area contributed by atoms with E-state index in [1.165, 1.54) is 360 Å². The highest BCUT2D eigenvalue weighted by molar-refractivity contribution is 5.71. The lowest BCUT2D eigenvalue weighted by Gasteiger charge is -2.18. The summed E-state index contributed by atoms with van der Waals surface area (Å²) < 4.78 is 17.0. The van der Waals surface area contributed by atoms with E-state index in [4.69, 9.17) is 14.2 Å². The molecule has 1 atom stereocenters. The quantitative estimate of drug-likeness (QED) is 0.0343. The standard InChI is InChI=1S/C77H150O6/c1-4-7-10-13-16-19-21-23-25-27-29-31-32-33-34-35-36-37-38-39-40-41-42-43-44-46-47-49-51-53-55-58-61-64-67-70-76(79)82-73-74(72-81-75(78)69-66-63-60-57-18-15-12-9-6-3)83-77(80)71-68-65-62-59-56-54-52-50-48-45-30-28-26-24-22-20-17-14-11-8-5-2/h74H,4-73H2,1-3H3. The third kappa shape index (κ3) is 71.1. The molecule has 0 saturated heterocycles. The first kappa shape index (κ1) is 81.4. The van der Waals surface area contributed by atoms with Crippen LogP contribution in [0.25, 0.3) is 0 Å². The molecule has 0 N–H and O–H groups in total. The van der Waals surface area contributed by atoms with E-state index in [2.05, 4.69) is 20.8 Å². The molecule has 0 aromatic heterocycles. The molecule has 83 heavy (non-hydrogen) atoms. The second kappa shape index (κ2) is 72.9. The number of esters is 3. The van der Waals surface area contributed by atoms with Crippen molar-refractivity contribution < 1.29 is 28.6 Å². The molecule has 0 bridgehead atoms. The summed E-state index contributed by atoms with van der Waals surface area (Å²) in [5.41, 5.74) is 0. The Hall–Kier alpha value is -1.59. The molecule has 6 nitrogen and oxygen atoms in total. The minimum atomic E-state index is -0.763. The second-order valence-electron chi connectivity index (χ2n) is 26.6. The number of hydrogen-bond donors (Lipinski definition) is 0. The van der Waals surface area contributed by atoms with Gasteiger partial charge in [0.2, 0.25) is 0 Å². The van der Waals surface area contributed by atoms with Gasteiger partial charge in [0.05, 0.1) is 0 Å². The van der Waals surface area contributed by atoms with E-state index in [1.807, 2.05) is 0 Å². The van der Waals surface area contributed by atoms with E-state index in [0.29, 0.717) is 19.3 Å². The summed E-state index contributed by atoms with van der Waals surface area (Å²) in [6.45, 7) is 6.72. The van der Waals surface area contributed by atoms with Crippen molar-refractivity contribution in [2.45, 2.75) is 463 Å². The van der Waals surface area contributed by atoms with Gasteiger partial charge in [0.1, 0.15) is 13.2 Å². The highest BCUT2D eigenvalue weighted by Gasteiger charge is 2.20. The zero-order valence-corrected chi connectivity index (χ0v) is 57.0. The Balaban J connectivity index is 3.95. The third-order valence-corrected chi connectivity index (χ3v) is 18.1. The summed E-state index contributed by atoms with van der Waals surface area (Å²) in [6, 6.07) is 0. The number of rotatable bonds is 73. The van der Waals surface area contributed by atoms with Crippen LogP contribution < -0.4 is 0 Å². The number of unbranched alkanes of at least 4 members (excludes halogenated alkanes) is 62. The van der Waals surface area contributed by atoms with E-state index in [-0.39, 0.29) is 31.1 Å². The first-order valence-corrected chi connectivity index (χ1v) is 38.5. The van der Waals surface area contributed by atoms with Gasteiger partial charge in [0.15, 0.2) is 6.10 Å². The number of carbonyl (C=O) groups is 3. The lowest BCUT2D eigenvalue weighted by atomic mass is 10.0. The van der Waals surface area contributed by atoms with Crippen LogP contribution >= 0.6 is 0 Å². The molecule has 0 aromatic carbocycles. The van der Waals surface area contributed by atoms with E-state index >= 15 is 0 Å². The van der Waals surface area contributed by atoms with Gasteiger partial charge in [0, 0.05) is 19.3 Å². The molecule has 0 aliphatic heterocycles.